The molecule has 29 heavy (non-hydrogen) atoms. The maximum absolute atomic E-state index is 13.2. The Morgan fingerprint density at radius 1 is 1.17 bits per heavy atom. The molecule has 2 aliphatic rings. The smallest absolute Gasteiger partial charge is 0.248 e. The highest BCUT2D eigenvalue weighted by Crippen LogP contribution is 2.29. The Kier molecular flexibility index (Phi) is 6.70. The Bertz CT molecular complexity index is 808. The van der Waals surface area contributed by atoms with Crippen molar-refractivity contribution in [2.24, 2.45) is 5.92 Å². The first-order valence-corrected chi connectivity index (χ1v) is 12.0. The van der Waals surface area contributed by atoms with Crippen LogP contribution in [-0.4, -0.2) is 78.9 Å². The van der Waals surface area contributed by atoms with Gasteiger partial charge in [0.2, 0.25) is 15.9 Å². The number of nitrogens with zero attached hydrogens (tertiary/aromatic N) is 4. The van der Waals surface area contributed by atoms with Crippen molar-refractivity contribution in [2.75, 3.05) is 33.2 Å². The topological polar surface area (TPSA) is 87.0 Å². The molecule has 3 heterocycles. The molecule has 2 saturated heterocycles. The third-order valence-electron chi connectivity index (χ3n) is 6.42. The van der Waals surface area contributed by atoms with Gasteiger partial charge in [0.25, 0.3) is 0 Å². The fourth-order valence-electron chi connectivity index (χ4n) is 4.59. The zero-order chi connectivity index (χ0) is 21.3. The lowest BCUT2D eigenvalue weighted by Crippen LogP contribution is -2.51. The molecule has 8 nitrogen and oxygen atoms in total. The van der Waals surface area contributed by atoms with Crippen LogP contribution in [0.2, 0.25) is 0 Å². The number of sulfonamides is 1. The first kappa shape index (κ1) is 22.2. The molecule has 1 amide bonds. The highest BCUT2D eigenvalue weighted by atomic mass is 32.2. The number of likely N-dealkylation sites (tertiary alicyclic amines) is 1. The maximum atomic E-state index is 13.2. The number of carbonyl (C=O) groups is 1. The molecule has 3 rings (SSSR count). The van der Waals surface area contributed by atoms with E-state index in [0.29, 0.717) is 30.5 Å². The van der Waals surface area contributed by atoms with E-state index in [4.69, 9.17) is 4.52 Å². The molecule has 0 aromatic carbocycles. The normalized spacial score (nSPS) is 22.9. The highest BCUT2D eigenvalue weighted by molar-refractivity contribution is 7.89. The molecule has 1 atom stereocenters. The summed E-state index contributed by atoms with van der Waals surface area (Å²) in [5, 5.41) is 3.78. The van der Waals surface area contributed by atoms with Gasteiger partial charge in [-0.2, -0.15) is 4.31 Å². The average Bonchev–Trinajstić information content (AvgIpc) is 3.05. The summed E-state index contributed by atoms with van der Waals surface area (Å²) in [5.74, 6) is 0.0590. The second-order valence-electron chi connectivity index (χ2n) is 8.67. The second kappa shape index (κ2) is 8.73. The van der Waals surface area contributed by atoms with Crippen molar-refractivity contribution in [3.63, 3.8) is 0 Å². The molecule has 0 N–H and O–H groups in total. The van der Waals surface area contributed by atoms with Gasteiger partial charge in [-0.25, -0.2) is 8.42 Å². The van der Waals surface area contributed by atoms with Gasteiger partial charge in [0.1, 0.15) is 10.6 Å². The molecule has 0 bridgehead atoms. The summed E-state index contributed by atoms with van der Waals surface area (Å²) in [5.41, 5.74) is 0.366. The van der Waals surface area contributed by atoms with Crippen LogP contribution in [0.4, 0.5) is 0 Å². The highest BCUT2D eigenvalue weighted by Gasteiger charge is 2.38. The first-order chi connectivity index (χ1) is 13.6. The number of hydrogen-bond acceptors (Lipinski definition) is 6. The van der Waals surface area contributed by atoms with Gasteiger partial charge in [0.15, 0.2) is 5.76 Å². The molecule has 1 aromatic rings. The number of rotatable bonds is 5. The van der Waals surface area contributed by atoms with Crippen LogP contribution in [0, 0.1) is 19.8 Å². The Labute approximate surface area is 174 Å². The summed E-state index contributed by atoms with van der Waals surface area (Å²) >= 11 is 0. The Hall–Kier alpha value is -1.45. The van der Waals surface area contributed by atoms with Gasteiger partial charge in [-0.15, -0.1) is 0 Å². The Morgan fingerprint density at radius 3 is 2.38 bits per heavy atom. The minimum absolute atomic E-state index is 0.0617. The van der Waals surface area contributed by atoms with E-state index in [1.807, 2.05) is 11.9 Å². The van der Waals surface area contributed by atoms with Crippen molar-refractivity contribution in [3.05, 3.63) is 11.5 Å². The molecule has 9 heteroatoms. The van der Waals surface area contributed by atoms with Crippen LogP contribution in [0.1, 0.15) is 51.0 Å². The number of amides is 1. The van der Waals surface area contributed by atoms with Gasteiger partial charge >= 0.3 is 0 Å². The maximum Gasteiger partial charge on any atom is 0.248 e. The molecule has 0 saturated carbocycles. The third kappa shape index (κ3) is 4.51. The van der Waals surface area contributed by atoms with Crippen molar-refractivity contribution < 1.29 is 17.7 Å². The van der Waals surface area contributed by atoms with Gasteiger partial charge in [-0.3, -0.25) is 4.79 Å². The van der Waals surface area contributed by atoms with Crippen LogP contribution in [-0.2, 0) is 14.8 Å². The fourth-order valence-corrected chi connectivity index (χ4v) is 6.41. The average molecular weight is 427 g/mol. The minimum atomic E-state index is -3.71. The Balaban J connectivity index is 1.67. The van der Waals surface area contributed by atoms with Crippen LogP contribution < -0.4 is 0 Å². The standard InChI is InChI=1S/C20H34N4O4S/c1-14(2)23-11-8-18(9-12-23)22(5)20(25)17-7-6-10-24(13-17)29(26,27)19-15(3)21-28-16(19)4/h14,17-18H,6-13H2,1-5H3. The van der Waals surface area contributed by atoms with Crippen LogP contribution in [0.3, 0.4) is 0 Å². The SMILES string of the molecule is Cc1noc(C)c1S(=O)(=O)N1CCCC(C(=O)N(C)C2CCN(C(C)C)CC2)C1. The van der Waals surface area contributed by atoms with E-state index in [1.54, 1.807) is 13.8 Å². The van der Waals surface area contributed by atoms with Gasteiger partial charge in [0, 0.05) is 45.3 Å². The Morgan fingerprint density at radius 2 is 1.83 bits per heavy atom. The quantitative estimate of drug-likeness (QED) is 0.716. The molecule has 2 aliphatic heterocycles. The first-order valence-electron chi connectivity index (χ1n) is 10.6. The van der Waals surface area contributed by atoms with Crippen molar-refractivity contribution in [1.29, 1.82) is 0 Å². The minimum Gasteiger partial charge on any atom is -0.360 e. The third-order valence-corrected chi connectivity index (χ3v) is 8.53. The van der Waals surface area contributed by atoms with E-state index in [2.05, 4.69) is 23.9 Å². The van der Waals surface area contributed by atoms with Crippen LogP contribution >= 0.6 is 0 Å². The van der Waals surface area contributed by atoms with E-state index < -0.39 is 10.0 Å². The van der Waals surface area contributed by atoms with Crippen LogP contribution in [0.25, 0.3) is 0 Å². The summed E-state index contributed by atoms with van der Waals surface area (Å²) < 4.78 is 32.7. The van der Waals surface area contributed by atoms with Gasteiger partial charge in [0.05, 0.1) is 5.92 Å². The summed E-state index contributed by atoms with van der Waals surface area (Å²) in [6.07, 6.45) is 3.34. The molecule has 0 spiro atoms. The number of hydrogen-bond donors (Lipinski definition) is 0. The predicted octanol–water partition coefficient (Wildman–Crippen LogP) is 2.02. The van der Waals surface area contributed by atoms with Crippen LogP contribution in [0.5, 0.6) is 0 Å². The summed E-state index contributed by atoms with van der Waals surface area (Å²) in [7, 11) is -1.84. The van der Waals surface area contributed by atoms with Gasteiger partial charge in [-0.05, 0) is 53.4 Å². The zero-order valence-corrected chi connectivity index (χ0v) is 19.0. The molecular weight excluding hydrogens is 392 g/mol. The second-order valence-corrected chi connectivity index (χ2v) is 10.5. The lowest BCUT2D eigenvalue weighted by atomic mass is 9.95. The summed E-state index contributed by atoms with van der Waals surface area (Å²) in [4.78, 5) is 17.6. The predicted molar refractivity (Wildman–Crippen MR) is 110 cm³/mol. The number of aromatic nitrogens is 1. The van der Waals surface area contributed by atoms with E-state index in [-0.39, 0.29) is 29.3 Å². The van der Waals surface area contributed by atoms with Crippen molar-refractivity contribution >= 4 is 15.9 Å². The van der Waals surface area contributed by atoms with E-state index >= 15 is 0 Å². The molecule has 2 fully saturated rings. The lowest BCUT2D eigenvalue weighted by Gasteiger charge is -2.40. The van der Waals surface area contributed by atoms with E-state index in [9.17, 15) is 13.2 Å². The summed E-state index contributed by atoms with van der Waals surface area (Å²) in [6.45, 7) is 10.3. The molecule has 1 unspecified atom stereocenters. The van der Waals surface area contributed by atoms with Crippen molar-refractivity contribution in [2.45, 2.75) is 70.4 Å². The molecular formula is C20H34N4O4S. The fraction of sp³-hybridized carbons (Fsp3) is 0.800. The lowest BCUT2D eigenvalue weighted by molar-refractivity contribution is -0.138. The van der Waals surface area contributed by atoms with E-state index in [1.165, 1.54) is 4.31 Å². The molecule has 0 aliphatic carbocycles. The molecule has 164 valence electrons. The van der Waals surface area contributed by atoms with Crippen molar-refractivity contribution in [1.82, 2.24) is 19.3 Å². The van der Waals surface area contributed by atoms with Gasteiger partial charge in [-0.1, -0.05) is 5.16 Å². The van der Waals surface area contributed by atoms with E-state index in [0.717, 1.165) is 32.4 Å². The largest absolute Gasteiger partial charge is 0.360 e. The summed E-state index contributed by atoms with van der Waals surface area (Å²) in [6, 6.07) is 0.755. The molecule has 0 radical (unpaired) electrons. The van der Waals surface area contributed by atoms with Gasteiger partial charge < -0.3 is 14.3 Å². The zero-order valence-electron chi connectivity index (χ0n) is 18.2. The van der Waals surface area contributed by atoms with Crippen LogP contribution in [0.15, 0.2) is 9.42 Å². The van der Waals surface area contributed by atoms with Crippen molar-refractivity contribution in [3.8, 4) is 0 Å². The number of piperidine rings is 2. The molecule has 1 aromatic heterocycles. The monoisotopic (exact) mass is 426 g/mol. The number of carbonyl (C=O) groups excluding carboxylic acids is 1. The number of aryl methyl sites for hydroxylation is 2.